The van der Waals surface area contributed by atoms with Gasteiger partial charge in [0, 0.05) is 6.54 Å². The Labute approximate surface area is 140 Å². The van der Waals surface area contributed by atoms with Crippen molar-refractivity contribution in [2.75, 3.05) is 6.54 Å². The lowest BCUT2D eigenvalue weighted by atomic mass is 10.0. The van der Waals surface area contributed by atoms with Crippen molar-refractivity contribution in [2.45, 2.75) is 39.5 Å². The molecule has 1 aromatic heterocycles. The SMILES string of the molecule is CCCCC[C@H](C)CNC(=S)NNC(=O)c1ccc(Cl)s1. The van der Waals surface area contributed by atoms with Gasteiger partial charge in [-0.25, -0.2) is 0 Å². The Morgan fingerprint density at radius 2 is 2.14 bits per heavy atom. The average Bonchev–Trinajstić information content (AvgIpc) is 2.89. The van der Waals surface area contributed by atoms with Gasteiger partial charge in [0.25, 0.3) is 5.91 Å². The van der Waals surface area contributed by atoms with E-state index in [-0.39, 0.29) is 5.91 Å². The van der Waals surface area contributed by atoms with Crippen molar-refractivity contribution < 1.29 is 4.79 Å². The highest BCUT2D eigenvalue weighted by Gasteiger charge is 2.09. The molecule has 0 saturated carbocycles. The Hall–Kier alpha value is -0.850. The minimum absolute atomic E-state index is 0.243. The molecule has 3 N–H and O–H groups in total. The van der Waals surface area contributed by atoms with Crippen LogP contribution in [0.15, 0.2) is 12.1 Å². The summed E-state index contributed by atoms with van der Waals surface area (Å²) in [5, 5.41) is 3.53. The predicted molar refractivity (Wildman–Crippen MR) is 93.8 cm³/mol. The molecule has 1 heterocycles. The molecule has 0 aromatic carbocycles. The minimum Gasteiger partial charge on any atom is -0.361 e. The molecule has 0 bridgehead atoms. The van der Waals surface area contributed by atoms with Crippen LogP contribution in [0.4, 0.5) is 0 Å². The number of carbonyl (C=O) groups is 1. The topological polar surface area (TPSA) is 53.2 Å². The number of hydrogen-bond donors (Lipinski definition) is 3. The maximum Gasteiger partial charge on any atom is 0.279 e. The number of thiocarbonyl (C=S) groups is 1. The Balaban J connectivity index is 2.17. The van der Waals surface area contributed by atoms with Crippen LogP contribution in [0, 0.1) is 5.92 Å². The summed E-state index contributed by atoms with van der Waals surface area (Å²) in [6.45, 7) is 5.19. The fourth-order valence-corrected chi connectivity index (χ4v) is 2.84. The average molecular weight is 348 g/mol. The van der Waals surface area contributed by atoms with Crippen LogP contribution in [0.3, 0.4) is 0 Å². The lowest BCUT2D eigenvalue weighted by Gasteiger charge is -2.15. The maximum atomic E-state index is 11.8. The van der Waals surface area contributed by atoms with E-state index in [0.29, 0.717) is 20.2 Å². The summed E-state index contributed by atoms with van der Waals surface area (Å²) in [5.41, 5.74) is 5.24. The number of rotatable bonds is 7. The molecule has 1 rings (SSSR count). The number of thiophene rings is 1. The summed E-state index contributed by atoms with van der Waals surface area (Å²) in [5.74, 6) is 0.315. The highest BCUT2D eigenvalue weighted by Crippen LogP contribution is 2.20. The van der Waals surface area contributed by atoms with Gasteiger partial charge < -0.3 is 5.32 Å². The van der Waals surface area contributed by atoms with E-state index in [1.54, 1.807) is 12.1 Å². The van der Waals surface area contributed by atoms with Crippen molar-refractivity contribution in [1.82, 2.24) is 16.2 Å². The molecule has 1 atom stereocenters. The van der Waals surface area contributed by atoms with Crippen LogP contribution < -0.4 is 16.2 Å². The third-order valence-electron chi connectivity index (χ3n) is 3.00. The van der Waals surface area contributed by atoms with Crippen LogP contribution in [0.1, 0.15) is 49.2 Å². The zero-order valence-corrected chi connectivity index (χ0v) is 14.8. The van der Waals surface area contributed by atoms with Gasteiger partial charge in [0.15, 0.2) is 5.11 Å². The Kier molecular flexibility index (Phi) is 8.64. The lowest BCUT2D eigenvalue weighted by molar-refractivity contribution is 0.0948. The molecule has 21 heavy (non-hydrogen) atoms. The van der Waals surface area contributed by atoms with Crippen molar-refractivity contribution in [3.8, 4) is 0 Å². The number of carbonyl (C=O) groups excluding carboxylic acids is 1. The summed E-state index contributed by atoms with van der Waals surface area (Å²) < 4.78 is 0.585. The first-order valence-corrected chi connectivity index (χ1v) is 8.72. The van der Waals surface area contributed by atoms with Crippen molar-refractivity contribution >= 4 is 46.2 Å². The van der Waals surface area contributed by atoms with E-state index in [1.807, 2.05) is 0 Å². The first-order valence-electron chi connectivity index (χ1n) is 7.12. The van der Waals surface area contributed by atoms with Gasteiger partial charge in [-0.05, 0) is 36.7 Å². The number of hydrogen-bond acceptors (Lipinski definition) is 3. The number of unbranched alkanes of at least 4 members (excludes halogenated alkanes) is 2. The van der Waals surface area contributed by atoms with Crippen LogP contribution in [0.25, 0.3) is 0 Å². The number of hydrazine groups is 1. The Morgan fingerprint density at radius 3 is 2.76 bits per heavy atom. The summed E-state index contributed by atoms with van der Waals surface area (Å²) in [6.07, 6.45) is 4.93. The van der Waals surface area contributed by atoms with Crippen LogP contribution in [-0.4, -0.2) is 17.6 Å². The molecule has 0 aliphatic heterocycles. The van der Waals surface area contributed by atoms with Gasteiger partial charge in [0.05, 0.1) is 9.21 Å². The van der Waals surface area contributed by atoms with E-state index in [4.69, 9.17) is 23.8 Å². The lowest BCUT2D eigenvalue weighted by Crippen LogP contribution is -2.47. The highest BCUT2D eigenvalue weighted by molar-refractivity contribution is 7.80. The fourth-order valence-electron chi connectivity index (χ4n) is 1.77. The summed E-state index contributed by atoms with van der Waals surface area (Å²) in [6, 6.07) is 3.37. The normalized spacial score (nSPS) is 11.8. The predicted octanol–water partition coefficient (Wildman–Crippen LogP) is 3.73. The summed E-state index contributed by atoms with van der Waals surface area (Å²) in [4.78, 5) is 12.3. The van der Waals surface area contributed by atoms with Gasteiger partial charge in [-0.2, -0.15) is 0 Å². The molecular weight excluding hydrogens is 326 g/mol. The molecule has 1 amide bonds. The third-order valence-corrected chi connectivity index (χ3v) is 4.47. The van der Waals surface area contributed by atoms with E-state index in [0.717, 1.165) is 6.54 Å². The monoisotopic (exact) mass is 347 g/mol. The molecule has 0 radical (unpaired) electrons. The molecular formula is C14H22ClN3OS2. The maximum absolute atomic E-state index is 11.8. The molecule has 0 unspecified atom stereocenters. The fraction of sp³-hybridized carbons (Fsp3) is 0.571. The van der Waals surface area contributed by atoms with E-state index < -0.39 is 0 Å². The molecule has 118 valence electrons. The molecule has 0 saturated heterocycles. The second kappa shape index (κ2) is 9.97. The quantitative estimate of drug-likeness (QED) is 0.399. The largest absolute Gasteiger partial charge is 0.361 e. The van der Waals surface area contributed by atoms with Crippen LogP contribution >= 0.6 is 35.2 Å². The summed E-state index contributed by atoms with van der Waals surface area (Å²) in [7, 11) is 0. The van der Waals surface area contributed by atoms with E-state index in [9.17, 15) is 4.79 Å². The smallest absolute Gasteiger partial charge is 0.279 e. The minimum atomic E-state index is -0.243. The van der Waals surface area contributed by atoms with Crippen molar-refractivity contribution in [2.24, 2.45) is 5.92 Å². The van der Waals surface area contributed by atoms with Gasteiger partial charge >= 0.3 is 0 Å². The van der Waals surface area contributed by atoms with Crippen molar-refractivity contribution in [3.05, 3.63) is 21.3 Å². The second-order valence-electron chi connectivity index (χ2n) is 4.99. The second-order valence-corrected chi connectivity index (χ2v) is 7.12. The first-order chi connectivity index (χ1) is 10.0. The van der Waals surface area contributed by atoms with Crippen molar-refractivity contribution in [1.29, 1.82) is 0 Å². The van der Waals surface area contributed by atoms with E-state index in [1.165, 1.54) is 37.0 Å². The zero-order valence-electron chi connectivity index (χ0n) is 12.4. The van der Waals surface area contributed by atoms with Crippen LogP contribution in [0.5, 0.6) is 0 Å². The first kappa shape index (κ1) is 18.2. The van der Waals surface area contributed by atoms with Crippen LogP contribution in [0.2, 0.25) is 4.34 Å². The molecule has 0 aliphatic rings. The van der Waals surface area contributed by atoms with Gasteiger partial charge in [-0.3, -0.25) is 15.6 Å². The molecule has 4 nitrogen and oxygen atoms in total. The van der Waals surface area contributed by atoms with E-state index >= 15 is 0 Å². The van der Waals surface area contributed by atoms with Gasteiger partial charge in [-0.1, -0.05) is 44.7 Å². The molecule has 7 heteroatoms. The van der Waals surface area contributed by atoms with Gasteiger partial charge in [-0.15, -0.1) is 11.3 Å². The standard InChI is InChI=1S/C14H22ClN3OS2/c1-3-4-5-6-10(2)9-16-14(20)18-17-13(19)11-7-8-12(15)21-11/h7-8,10H,3-6,9H2,1-2H3,(H,17,19)(H2,16,18,20)/t10-/m0/s1. The molecule has 0 fully saturated rings. The molecule has 0 spiro atoms. The summed E-state index contributed by atoms with van der Waals surface area (Å²) >= 11 is 12.1. The van der Waals surface area contributed by atoms with Gasteiger partial charge in [0.1, 0.15) is 0 Å². The Bertz CT molecular complexity index is 465. The van der Waals surface area contributed by atoms with Crippen LogP contribution in [-0.2, 0) is 0 Å². The number of amides is 1. The highest BCUT2D eigenvalue weighted by atomic mass is 35.5. The zero-order chi connectivity index (χ0) is 15.7. The van der Waals surface area contributed by atoms with Gasteiger partial charge in [0.2, 0.25) is 0 Å². The third kappa shape index (κ3) is 7.64. The van der Waals surface area contributed by atoms with Crippen molar-refractivity contribution in [3.63, 3.8) is 0 Å². The Morgan fingerprint density at radius 1 is 1.38 bits per heavy atom. The molecule has 0 aliphatic carbocycles. The number of halogens is 1. The molecule has 1 aromatic rings. The van der Waals surface area contributed by atoms with E-state index in [2.05, 4.69) is 30.0 Å². The number of nitrogens with one attached hydrogen (secondary N) is 3.